The van der Waals surface area contributed by atoms with Crippen LogP contribution in [0.3, 0.4) is 0 Å². The topological polar surface area (TPSA) is 59.8 Å². The fraction of sp³-hybridized carbons (Fsp3) is 0.400. The molecule has 1 aromatic heterocycles. The number of hydrogen-bond donors (Lipinski definition) is 1. The second-order valence-electron chi connectivity index (χ2n) is 4.81. The number of nitrogens with zero attached hydrogens (tertiary/aromatic N) is 3. The van der Waals surface area contributed by atoms with Gasteiger partial charge in [-0.05, 0) is 25.8 Å². The third kappa shape index (κ3) is 3.23. The lowest BCUT2D eigenvalue weighted by molar-refractivity contribution is -0.121. The van der Waals surface area contributed by atoms with Crippen molar-refractivity contribution in [1.82, 2.24) is 20.1 Å². The Morgan fingerprint density at radius 3 is 2.75 bits per heavy atom. The SMILES string of the molecule is CCCNC(=O)Cn1nc(C)nc1-c1ccccc1C. The monoisotopic (exact) mass is 272 g/mol. The van der Waals surface area contributed by atoms with E-state index in [0.717, 1.165) is 23.4 Å². The van der Waals surface area contributed by atoms with Crippen LogP contribution < -0.4 is 5.32 Å². The highest BCUT2D eigenvalue weighted by atomic mass is 16.2. The number of amides is 1. The highest BCUT2D eigenvalue weighted by molar-refractivity contribution is 5.76. The first-order valence-corrected chi connectivity index (χ1v) is 6.86. The predicted octanol–water partition coefficient (Wildman–Crippen LogP) is 2.09. The lowest BCUT2D eigenvalue weighted by Crippen LogP contribution is -2.28. The summed E-state index contributed by atoms with van der Waals surface area (Å²) in [5.41, 5.74) is 2.13. The molecule has 2 rings (SSSR count). The zero-order valence-electron chi connectivity index (χ0n) is 12.2. The van der Waals surface area contributed by atoms with Gasteiger partial charge in [-0.3, -0.25) is 4.79 Å². The molecule has 106 valence electrons. The van der Waals surface area contributed by atoms with E-state index in [0.29, 0.717) is 12.4 Å². The van der Waals surface area contributed by atoms with Crippen molar-refractivity contribution >= 4 is 5.91 Å². The van der Waals surface area contributed by atoms with E-state index < -0.39 is 0 Å². The molecule has 1 aromatic carbocycles. The smallest absolute Gasteiger partial charge is 0.241 e. The number of hydrogen-bond acceptors (Lipinski definition) is 3. The maximum absolute atomic E-state index is 11.8. The van der Waals surface area contributed by atoms with Crippen LogP contribution >= 0.6 is 0 Å². The summed E-state index contributed by atoms with van der Waals surface area (Å²) in [6, 6.07) is 7.98. The largest absolute Gasteiger partial charge is 0.355 e. The maximum atomic E-state index is 11.8. The molecule has 0 radical (unpaired) electrons. The number of benzene rings is 1. The van der Waals surface area contributed by atoms with Gasteiger partial charge in [-0.25, -0.2) is 9.67 Å². The first kappa shape index (κ1) is 14.2. The van der Waals surface area contributed by atoms with Gasteiger partial charge in [-0.1, -0.05) is 31.2 Å². The standard InChI is InChI=1S/C15H20N4O/c1-4-9-16-14(20)10-19-15(17-12(3)18-19)13-8-6-5-7-11(13)2/h5-8H,4,9-10H2,1-3H3,(H,16,20). The Morgan fingerprint density at radius 2 is 2.05 bits per heavy atom. The van der Waals surface area contributed by atoms with Crippen LogP contribution in [0.15, 0.2) is 24.3 Å². The summed E-state index contributed by atoms with van der Waals surface area (Å²) < 4.78 is 1.67. The molecule has 0 spiro atoms. The normalized spacial score (nSPS) is 10.6. The van der Waals surface area contributed by atoms with Crippen LogP contribution in [0.25, 0.3) is 11.4 Å². The first-order chi connectivity index (χ1) is 9.61. The summed E-state index contributed by atoms with van der Waals surface area (Å²) in [5, 5.41) is 7.18. The van der Waals surface area contributed by atoms with E-state index in [1.54, 1.807) is 4.68 Å². The molecule has 2 aromatic rings. The van der Waals surface area contributed by atoms with Gasteiger partial charge in [0.15, 0.2) is 5.82 Å². The van der Waals surface area contributed by atoms with Gasteiger partial charge in [0.2, 0.25) is 5.91 Å². The summed E-state index contributed by atoms with van der Waals surface area (Å²) in [5.74, 6) is 1.38. The van der Waals surface area contributed by atoms with Crippen LogP contribution in [-0.2, 0) is 11.3 Å². The third-order valence-electron chi connectivity index (χ3n) is 3.03. The minimum Gasteiger partial charge on any atom is -0.355 e. The van der Waals surface area contributed by atoms with E-state index in [4.69, 9.17) is 0 Å². The van der Waals surface area contributed by atoms with Crippen LogP contribution in [0, 0.1) is 13.8 Å². The molecule has 20 heavy (non-hydrogen) atoms. The third-order valence-corrected chi connectivity index (χ3v) is 3.03. The van der Waals surface area contributed by atoms with Gasteiger partial charge in [0, 0.05) is 12.1 Å². The number of nitrogens with one attached hydrogen (secondary N) is 1. The van der Waals surface area contributed by atoms with Crippen LogP contribution in [0.1, 0.15) is 24.7 Å². The molecule has 0 bridgehead atoms. The molecule has 0 saturated heterocycles. The number of rotatable bonds is 5. The summed E-state index contributed by atoms with van der Waals surface area (Å²) in [6.45, 7) is 6.78. The van der Waals surface area contributed by atoms with E-state index in [-0.39, 0.29) is 12.5 Å². The van der Waals surface area contributed by atoms with E-state index >= 15 is 0 Å². The van der Waals surface area contributed by atoms with Crippen molar-refractivity contribution in [3.8, 4) is 11.4 Å². The Morgan fingerprint density at radius 1 is 1.30 bits per heavy atom. The van der Waals surface area contributed by atoms with Crippen LogP contribution in [0.5, 0.6) is 0 Å². The zero-order chi connectivity index (χ0) is 14.5. The molecule has 0 fully saturated rings. The number of aromatic nitrogens is 3. The highest BCUT2D eigenvalue weighted by Gasteiger charge is 2.14. The molecule has 1 amide bonds. The molecule has 0 atom stereocenters. The van der Waals surface area contributed by atoms with Crippen molar-refractivity contribution in [1.29, 1.82) is 0 Å². The van der Waals surface area contributed by atoms with Crippen molar-refractivity contribution in [2.45, 2.75) is 33.7 Å². The Bertz CT molecular complexity index is 604. The fourth-order valence-electron chi connectivity index (χ4n) is 2.05. The van der Waals surface area contributed by atoms with Gasteiger partial charge in [0.1, 0.15) is 12.4 Å². The fourth-order valence-corrected chi connectivity index (χ4v) is 2.05. The predicted molar refractivity (Wildman–Crippen MR) is 78.2 cm³/mol. The molecular weight excluding hydrogens is 252 g/mol. The minimum absolute atomic E-state index is 0.0356. The quantitative estimate of drug-likeness (QED) is 0.906. The molecule has 0 aliphatic heterocycles. The molecule has 0 unspecified atom stereocenters. The van der Waals surface area contributed by atoms with Gasteiger partial charge in [-0.2, -0.15) is 5.10 Å². The van der Waals surface area contributed by atoms with E-state index in [9.17, 15) is 4.79 Å². The van der Waals surface area contributed by atoms with Crippen LogP contribution in [0.2, 0.25) is 0 Å². The van der Waals surface area contributed by atoms with Crippen LogP contribution in [-0.4, -0.2) is 27.2 Å². The highest BCUT2D eigenvalue weighted by Crippen LogP contribution is 2.21. The second kappa shape index (κ2) is 6.32. The van der Waals surface area contributed by atoms with Crippen molar-refractivity contribution in [2.24, 2.45) is 0 Å². The lowest BCUT2D eigenvalue weighted by Gasteiger charge is -2.08. The Labute approximate surface area is 119 Å². The Kier molecular flexibility index (Phi) is 4.50. The Hall–Kier alpha value is -2.17. The molecule has 0 aliphatic carbocycles. The van der Waals surface area contributed by atoms with Gasteiger partial charge < -0.3 is 5.32 Å². The lowest BCUT2D eigenvalue weighted by atomic mass is 10.1. The molecule has 5 nitrogen and oxygen atoms in total. The van der Waals surface area contributed by atoms with Crippen molar-refractivity contribution in [2.75, 3.05) is 6.54 Å². The summed E-state index contributed by atoms with van der Waals surface area (Å²) in [7, 11) is 0. The number of aryl methyl sites for hydroxylation is 2. The van der Waals surface area contributed by atoms with E-state index in [2.05, 4.69) is 15.4 Å². The van der Waals surface area contributed by atoms with E-state index in [1.807, 2.05) is 45.0 Å². The number of carbonyl (C=O) groups excluding carboxylic acids is 1. The van der Waals surface area contributed by atoms with E-state index in [1.165, 1.54) is 0 Å². The second-order valence-corrected chi connectivity index (χ2v) is 4.81. The molecule has 0 aliphatic rings. The molecule has 0 saturated carbocycles. The van der Waals surface area contributed by atoms with Crippen molar-refractivity contribution < 1.29 is 4.79 Å². The first-order valence-electron chi connectivity index (χ1n) is 6.86. The average molecular weight is 272 g/mol. The van der Waals surface area contributed by atoms with Gasteiger partial charge >= 0.3 is 0 Å². The van der Waals surface area contributed by atoms with Crippen LogP contribution in [0.4, 0.5) is 0 Å². The maximum Gasteiger partial charge on any atom is 0.241 e. The molecule has 1 N–H and O–H groups in total. The summed E-state index contributed by atoms with van der Waals surface area (Å²) in [4.78, 5) is 16.3. The molecular formula is C15H20N4O. The average Bonchev–Trinajstić information content (AvgIpc) is 2.77. The van der Waals surface area contributed by atoms with Gasteiger partial charge in [-0.15, -0.1) is 0 Å². The summed E-state index contributed by atoms with van der Waals surface area (Å²) >= 11 is 0. The van der Waals surface area contributed by atoms with Gasteiger partial charge in [0.25, 0.3) is 0 Å². The Balaban J connectivity index is 2.27. The van der Waals surface area contributed by atoms with Crippen molar-refractivity contribution in [3.63, 3.8) is 0 Å². The summed E-state index contributed by atoms with van der Waals surface area (Å²) in [6.07, 6.45) is 0.923. The van der Waals surface area contributed by atoms with Gasteiger partial charge in [0.05, 0.1) is 0 Å². The van der Waals surface area contributed by atoms with Crippen molar-refractivity contribution in [3.05, 3.63) is 35.7 Å². The molecule has 5 heteroatoms. The minimum atomic E-state index is -0.0356. The molecule has 1 heterocycles. The zero-order valence-corrected chi connectivity index (χ0v) is 12.2. The number of carbonyl (C=O) groups is 1.